The normalized spacial score (nSPS) is 15.8. The number of thiazole rings is 1. The number of aromatic nitrogens is 3. The van der Waals surface area contributed by atoms with E-state index in [4.69, 9.17) is 28.2 Å². The highest BCUT2D eigenvalue weighted by molar-refractivity contribution is 7.15. The lowest BCUT2D eigenvalue weighted by molar-refractivity contribution is 0.101. The van der Waals surface area contributed by atoms with Gasteiger partial charge in [-0.3, -0.25) is 4.79 Å². The molecule has 2 aromatic carbocycles. The molecule has 0 saturated heterocycles. The van der Waals surface area contributed by atoms with Crippen LogP contribution in [0.25, 0.3) is 21.7 Å². The Morgan fingerprint density at radius 3 is 2.37 bits per heavy atom. The molecular weight excluding hydrogens is 539 g/mol. The van der Waals surface area contributed by atoms with Crippen LogP contribution in [0.1, 0.15) is 32.6 Å². The number of nitrogens with zero attached hydrogens (tertiary/aromatic N) is 5. The Balaban J connectivity index is 1.31. The summed E-state index contributed by atoms with van der Waals surface area (Å²) in [6.45, 7) is 3.60. The van der Waals surface area contributed by atoms with E-state index in [1.165, 1.54) is 4.88 Å². The average molecular weight is 568 g/mol. The quantitative estimate of drug-likeness (QED) is 0.341. The van der Waals surface area contributed by atoms with Gasteiger partial charge >= 0.3 is 0 Å². The maximum Gasteiger partial charge on any atom is 0.291 e. The second-order valence-electron chi connectivity index (χ2n) is 10.0. The van der Waals surface area contributed by atoms with Gasteiger partial charge in [-0.1, -0.05) is 53.5 Å². The van der Waals surface area contributed by atoms with Crippen LogP contribution >= 0.6 is 34.5 Å². The molecule has 2 aromatic heterocycles. The van der Waals surface area contributed by atoms with Crippen molar-refractivity contribution in [3.05, 3.63) is 74.2 Å². The van der Waals surface area contributed by atoms with Crippen LogP contribution in [-0.2, 0) is 33.0 Å². The van der Waals surface area contributed by atoms with Crippen molar-refractivity contribution in [3.63, 3.8) is 0 Å². The highest BCUT2D eigenvalue weighted by Crippen LogP contribution is 2.43. The Morgan fingerprint density at radius 1 is 0.868 bits per heavy atom. The number of hydrogen-bond acceptors (Lipinski definition) is 6. The van der Waals surface area contributed by atoms with Crippen LogP contribution in [0, 0.1) is 0 Å². The summed E-state index contributed by atoms with van der Waals surface area (Å²) in [6, 6.07) is 11.5. The van der Waals surface area contributed by atoms with Crippen molar-refractivity contribution in [1.29, 1.82) is 0 Å². The zero-order valence-electron chi connectivity index (χ0n) is 21.5. The predicted molar refractivity (Wildman–Crippen MR) is 154 cm³/mol. The van der Waals surface area contributed by atoms with Gasteiger partial charge in [0, 0.05) is 73.3 Å². The molecule has 38 heavy (non-hydrogen) atoms. The van der Waals surface area contributed by atoms with Gasteiger partial charge in [0.1, 0.15) is 5.01 Å². The van der Waals surface area contributed by atoms with Crippen LogP contribution in [0.5, 0.6) is 0 Å². The average Bonchev–Trinajstić information content (AvgIpc) is 3.45. The first-order chi connectivity index (χ1) is 18.3. The molecule has 6 rings (SSSR count). The minimum Gasteiger partial charge on any atom is -0.327 e. The summed E-state index contributed by atoms with van der Waals surface area (Å²) < 4.78 is 1.89. The number of halogens is 2. The molecule has 0 bridgehead atoms. The molecule has 2 aliphatic rings. The molecule has 1 N–H and O–H groups in total. The lowest BCUT2D eigenvalue weighted by Crippen LogP contribution is -2.27. The summed E-state index contributed by atoms with van der Waals surface area (Å²) >= 11 is 15.6. The topological polar surface area (TPSA) is 66.3 Å². The van der Waals surface area contributed by atoms with Crippen LogP contribution in [0.3, 0.4) is 0 Å². The van der Waals surface area contributed by atoms with Gasteiger partial charge in [0.25, 0.3) is 5.91 Å². The largest absolute Gasteiger partial charge is 0.327 e. The van der Waals surface area contributed by atoms with E-state index in [9.17, 15) is 4.79 Å². The van der Waals surface area contributed by atoms with Crippen LogP contribution in [0.4, 0.5) is 5.69 Å². The third kappa shape index (κ3) is 4.54. The Labute approximate surface area is 236 Å². The highest BCUT2D eigenvalue weighted by atomic mass is 35.5. The van der Waals surface area contributed by atoms with E-state index < -0.39 is 0 Å². The first kappa shape index (κ1) is 25.5. The molecular formula is C28H28Cl2N6OS. The van der Waals surface area contributed by atoms with Crippen molar-refractivity contribution < 1.29 is 4.79 Å². The Bertz CT molecular complexity index is 1560. The first-order valence-electron chi connectivity index (χ1n) is 12.6. The zero-order chi connectivity index (χ0) is 26.6. The molecule has 7 nitrogen and oxygen atoms in total. The van der Waals surface area contributed by atoms with Gasteiger partial charge in [-0.05, 0) is 20.2 Å². The molecule has 4 heterocycles. The van der Waals surface area contributed by atoms with Crippen molar-refractivity contribution in [3.8, 4) is 21.7 Å². The molecule has 0 unspecified atom stereocenters. The van der Waals surface area contributed by atoms with Crippen molar-refractivity contribution in [2.75, 3.05) is 32.5 Å². The number of rotatable bonds is 4. The standard InChI is InChI=1S/C28H28Cl2N6OS/c1-34-13-11-22-21(14-34)31-26(36(22)3)27(37)32-20-9-5-7-17(25(20)30)16-6-4-8-18(24(16)29)28-33-19-10-12-35(2)15-23(19)38-28/h4-9H,10-15H2,1-3H3,(H,32,37). The number of fused-ring (bicyclic) bond motifs is 2. The smallest absolute Gasteiger partial charge is 0.291 e. The number of anilines is 1. The fourth-order valence-electron chi connectivity index (χ4n) is 5.22. The first-order valence-corrected chi connectivity index (χ1v) is 14.2. The van der Waals surface area contributed by atoms with E-state index in [1.54, 1.807) is 17.4 Å². The lowest BCUT2D eigenvalue weighted by Gasteiger charge is -2.21. The lowest BCUT2D eigenvalue weighted by atomic mass is 10.0. The fraction of sp³-hybridized carbons (Fsp3) is 0.321. The monoisotopic (exact) mass is 566 g/mol. The van der Waals surface area contributed by atoms with E-state index in [-0.39, 0.29) is 5.91 Å². The summed E-state index contributed by atoms with van der Waals surface area (Å²) in [5.41, 5.74) is 6.17. The number of benzene rings is 2. The number of likely N-dealkylation sites (N-methyl/N-ethyl adjacent to an activating group) is 2. The Kier molecular flexibility index (Phi) is 6.78. The van der Waals surface area contributed by atoms with E-state index in [0.29, 0.717) is 21.6 Å². The van der Waals surface area contributed by atoms with E-state index in [1.807, 2.05) is 41.9 Å². The van der Waals surface area contributed by atoms with Crippen molar-refractivity contribution in [1.82, 2.24) is 24.3 Å². The van der Waals surface area contributed by atoms with E-state index in [0.717, 1.165) is 77.8 Å². The predicted octanol–water partition coefficient (Wildman–Crippen LogP) is 5.75. The third-order valence-electron chi connectivity index (χ3n) is 7.34. The van der Waals surface area contributed by atoms with Gasteiger partial charge in [0.2, 0.25) is 0 Å². The van der Waals surface area contributed by atoms with Crippen LogP contribution in [0.15, 0.2) is 36.4 Å². The summed E-state index contributed by atoms with van der Waals surface area (Å²) in [5.74, 6) is 0.0898. The van der Waals surface area contributed by atoms with Crippen molar-refractivity contribution in [2.24, 2.45) is 7.05 Å². The number of nitrogens with one attached hydrogen (secondary N) is 1. The number of amides is 1. The maximum atomic E-state index is 13.3. The summed E-state index contributed by atoms with van der Waals surface area (Å²) in [7, 11) is 6.08. The van der Waals surface area contributed by atoms with Gasteiger partial charge in [-0.25, -0.2) is 9.97 Å². The number of hydrogen-bond donors (Lipinski definition) is 1. The zero-order valence-corrected chi connectivity index (χ0v) is 23.8. The van der Waals surface area contributed by atoms with Gasteiger partial charge in [-0.2, -0.15) is 0 Å². The van der Waals surface area contributed by atoms with Crippen molar-refractivity contribution in [2.45, 2.75) is 25.9 Å². The molecule has 0 aliphatic carbocycles. The summed E-state index contributed by atoms with van der Waals surface area (Å²) in [4.78, 5) is 28.6. The molecule has 1 amide bonds. The van der Waals surface area contributed by atoms with E-state index >= 15 is 0 Å². The van der Waals surface area contributed by atoms with Gasteiger partial charge in [0.05, 0.1) is 27.1 Å². The van der Waals surface area contributed by atoms with Crippen molar-refractivity contribution >= 4 is 46.1 Å². The molecule has 196 valence electrons. The Morgan fingerprint density at radius 2 is 1.55 bits per heavy atom. The molecule has 4 aromatic rings. The molecule has 0 spiro atoms. The van der Waals surface area contributed by atoms with Gasteiger partial charge in [0.15, 0.2) is 5.82 Å². The summed E-state index contributed by atoms with van der Waals surface area (Å²) in [5, 5.41) is 4.92. The molecule has 0 radical (unpaired) electrons. The van der Waals surface area contributed by atoms with Crippen LogP contribution < -0.4 is 5.32 Å². The maximum absolute atomic E-state index is 13.3. The summed E-state index contributed by atoms with van der Waals surface area (Å²) in [6.07, 6.45) is 1.81. The van der Waals surface area contributed by atoms with Gasteiger partial charge < -0.3 is 19.7 Å². The molecule has 2 aliphatic heterocycles. The Hall–Kier alpha value is -2.75. The fourth-order valence-corrected chi connectivity index (χ4v) is 7.09. The molecule has 0 atom stereocenters. The second kappa shape index (κ2) is 10.1. The second-order valence-corrected chi connectivity index (χ2v) is 11.9. The number of carbonyl (C=O) groups is 1. The van der Waals surface area contributed by atoms with Crippen LogP contribution in [0.2, 0.25) is 10.0 Å². The minimum absolute atomic E-state index is 0.290. The SMILES string of the molecule is CN1CCc2c(nc(C(=O)Nc3cccc(-c4cccc(-c5nc6c(s5)CN(C)CC6)c4Cl)c3Cl)n2C)C1. The van der Waals surface area contributed by atoms with Crippen LogP contribution in [-0.4, -0.2) is 57.4 Å². The third-order valence-corrected chi connectivity index (χ3v) is 9.27. The minimum atomic E-state index is -0.290. The molecule has 0 saturated carbocycles. The number of imidazole rings is 1. The number of carbonyl (C=O) groups excluding carboxylic acids is 1. The van der Waals surface area contributed by atoms with Gasteiger partial charge in [-0.15, -0.1) is 11.3 Å². The molecule has 10 heteroatoms. The molecule has 0 fully saturated rings. The highest BCUT2D eigenvalue weighted by Gasteiger charge is 2.25. The van der Waals surface area contributed by atoms with E-state index in [2.05, 4.69) is 34.2 Å².